The fourth-order valence-electron chi connectivity index (χ4n) is 3.13. The lowest BCUT2D eigenvalue weighted by Crippen LogP contribution is -2.46. The van der Waals surface area contributed by atoms with Crippen molar-refractivity contribution in [2.75, 3.05) is 0 Å². The number of amides is 1. The number of hydrogen-bond acceptors (Lipinski definition) is 4. The van der Waals surface area contributed by atoms with Gasteiger partial charge < -0.3 is 4.90 Å². The molecule has 2 aliphatic carbocycles. The van der Waals surface area contributed by atoms with Crippen LogP contribution in [0.2, 0.25) is 0 Å². The maximum absolute atomic E-state index is 12.6. The van der Waals surface area contributed by atoms with Crippen LogP contribution in [-0.2, 0) is 11.3 Å². The number of carbonyl (C=O) groups is 1. The zero-order valence-electron chi connectivity index (χ0n) is 11.8. The molecule has 6 heteroatoms. The number of hydrogen-bond donors (Lipinski definition) is 0. The van der Waals surface area contributed by atoms with Gasteiger partial charge in [0.2, 0.25) is 5.91 Å². The third-order valence-electron chi connectivity index (χ3n) is 4.44. The van der Waals surface area contributed by atoms with Crippen LogP contribution in [0.25, 0.3) is 0 Å². The first-order valence-electron chi connectivity index (χ1n) is 7.47. The number of nitrogens with zero attached hydrogens (tertiary/aromatic N) is 3. The molecule has 20 heavy (non-hydrogen) atoms. The van der Waals surface area contributed by atoms with Gasteiger partial charge in [0.05, 0.1) is 0 Å². The van der Waals surface area contributed by atoms with Crippen molar-refractivity contribution >= 4 is 17.2 Å². The van der Waals surface area contributed by atoms with Gasteiger partial charge in [-0.3, -0.25) is 9.59 Å². The molecule has 0 aromatic carbocycles. The molecule has 110 valence electrons. The molecular weight excluding hydrogens is 274 g/mol. The van der Waals surface area contributed by atoms with Crippen molar-refractivity contribution in [2.45, 2.75) is 64.1 Å². The van der Waals surface area contributed by atoms with Gasteiger partial charge in [0.1, 0.15) is 12.1 Å². The van der Waals surface area contributed by atoms with Gasteiger partial charge in [0, 0.05) is 12.1 Å². The lowest BCUT2D eigenvalue weighted by Gasteiger charge is -2.36. The molecule has 1 amide bonds. The van der Waals surface area contributed by atoms with E-state index in [0.717, 1.165) is 42.9 Å². The fourth-order valence-corrected chi connectivity index (χ4v) is 3.61. The van der Waals surface area contributed by atoms with E-state index in [1.54, 1.807) is 0 Å². The first-order chi connectivity index (χ1) is 9.65. The third kappa shape index (κ3) is 2.95. The maximum atomic E-state index is 12.6. The Morgan fingerprint density at radius 2 is 1.90 bits per heavy atom. The van der Waals surface area contributed by atoms with Crippen molar-refractivity contribution in [1.82, 2.24) is 14.7 Å². The SMILES string of the molecule is CC1CCC(N(C(=O)Cn2ncsc2=O)C2CC2)CC1. The van der Waals surface area contributed by atoms with Gasteiger partial charge >= 0.3 is 4.87 Å². The molecule has 1 aromatic rings. The second-order valence-corrected chi connectivity index (χ2v) is 6.90. The van der Waals surface area contributed by atoms with Gasteiger partial charge in [0.25, 0.3) is 0 Å². The van der Waals surface area contributed by atoms with E-state index in [-0.39, 0.29) is 17.3 Å². The summed E-state index contributed by atoms with van der Waals surface area (Å²) in [4.78, 5) is 26.0. The van der Waals surface area contributed by atoms with Crippen LogP contribution in [0.15, 0.2) is 10.3 Å². The van der Waals surface area contributed by atoms with Crippen LogP contribution in [0.1, 0.15) is 45.4 Å². The van der Waals surface area contributed by atoms with Crippen molar-refractivity contribution in [3.63, 3.8) is 0 Å². The summed E-state index contributed by atoms with van der Waals surface area (Å²) in [5, 5.41) is 3.95. The van der Waals surface area contributed by atoms with E-state index in [2.05, 4.69) is 16.9 Å². The highest BCUT2D eigenvalue weighted by Gasteiger charge is 2.38. The molecule has 0 aliphatic heterocycles. The van der Waals surface area contributed by atoms with Gasteiger partial charge in [-0.25, -0.2) is 4.68 Å². The minimum absolute atomic E-state index is 0.0695. The molecule has 2 aliphatic rings. The van der Waals surface area contributed by atoms with Gasteiger partial charge in [-0.2, -0.15) is 5.10 Å². The van der Waals surface area contributed by atoms with Crippen LogP contribution in [-0.4, -0.2) is 32.7 Å². The van der Waals surface area contributed by atoms with Crippen LogP contribution in [0.5, 0.6) is 0 Å². The quantitative estimate of drug-likeness (QED) is 0.852. The van der Waals surface area contributed by atoms with Crippen LogP contribution in [0.3, 0.4) is 0 Å². The Labute approximate surface area is 122 Å². The predicted octanol–water partition coefficient (Wildman–Crippen LogP) is 1.87. The fraction of sp³-hybridized carbons (Fsp3) is 0.786. The monoisotopic (exact) mass is 295 g/mol. The molecule has 0 saturated heterocycles. The van der Waals surface area contributed by atoms with E-state index in [4.69, 9.17) is 0 Å². The van der Waals surface area contributed by atoms with Crippen molar-refractivity contribution in [2.24, 2.45) is 5.92 Å². The van der Waals surface area contributed by atoms with E-state index in [1.807, 2.05) is 0 Å². The first kappa shape index (κ1) is 13.8. The lowest BCUT2D eigenvalue weighted by atomic mass is 9.86. The molecule has 0 spiro atoms. The highest BCUT2D eigenvalue weighted by Crippen LogP contribution is 2.35. The van der Waals surface area contributed by atoms with Crippen molar-refractivity contribution in [1.29, 1.82) is 0 Å². The summed E-state index contributed by atoms with van der Waals surface area (Å²) in [5.41, 5.74) is 1.50. The smallest absolute Gasteiger partial charge is 0.325 e. The van der Waals surface area contributed by atoms with Gasteiger partial charge in [-0.1, -0.05) is 18.3 Å². The van der Waals surface area contributed by atoms with Gasteiger partial charge in [0.15, 0.2) is 0 Å². The first-order valence-corrected chi connectivity index (χ1v) is 8.35. The summed E-state index contributed by atoms with van der Waals surface area (Å²) in [7, 11) is 0. The maximum Gasteiger partial charge on any atom is 0.325 e. The largest absolute Gasteiger partial charge is 0.335 e. The van der Waals surface area contributed by atoms with E-state index in [1.165, 1.54) is 23.0 Å². The minimum atomic E-state index is -0.147. The third-order valence-corrected chi connectivity index (χ3v) is 5.05. The highest BCUT2D eigenvalue weighted by molar-refractivity contribution is 7.06. The molecule has 1 aromatic heterocycles. The topological polar surface area (TPSA) is 55.2 Å². The summed E-state index contributed by atoms with van der Waals surface area (Å²) >= 11 is 1.04. The molecule has 0 N–H and O–H groups in total. The Balaban J connectivity index is 1.69. The van der Waals surface area contributed by atoms with E-state index in [9.17, 15) is 9.59 Å². The van der Waals surface area contributed by atoms with Crippen molar-refractivity contribution < 1.29 is 4.79 Å². The van der Waals surface area contributed by atoms with Crippen molar-refractivity contribution in [3.05, 3.63) is 15.2 Å². The average Bonchev–Trinajstić information content (AvgIpc) is 3.17. The molecule has 0 bridgehead atoms. The molecular formula is C14H21N3O2S. The number of aromatic nitrogens is 2. The van der Waals surface area contributed by atoms with Gasteiger partial charge in [-0.15, -0.1) is 0 Å². The predicted molar refractivity (Wildman–Crippen MR) is 77.7 cm³/mol. The summed E-state index contributed by atoms with van der Waals surface area (Å²) in [6.45, 7) is 2.39. The van der Waals surface area contributed by atoms with E-state index < -0.39 is 0 Å². The van der Waals surface area contributed by atoms with Crippen LogP contribution < -0.4 is 4.87 Å². The Bertz CT molecular complexity index is 527. The zero-order chi connectivity index (χ0) is 14.1. The Morgan fingerprint density at radius 3 is 2.40 bits per heavy atom. The van der Waals surface area contributed by atoms with Crippen molar-refractivity contribution in [3.8, 4) is 0 Å². The minimum Gasteiger partial charge on any atom is -0.335 e. The molecule has 0 atom stereocenters. The van der Waals surface area contributed by atoms with Crippen LogP contribution >= 0.6 is 11.3 Å². The standard InChI is InChI=1S/C14H21N3O2S/c1-10-2-4-11(5-3-10)17(12-6-7-12)13(18)8-16-14(19)20-9-15-16/h9-12H,2-8H2,1H3. The zero-order valence-corrected chi connectivity index (χ0v) is 12.6. The number of carbonyl (C=O) groups excluding carboxylic acids is 1. The second kappa shape index (κ2) is 5.68. The summed E-state index contributed by atoms with van der Waals surface area (Å²) in [6.07, 6.45) is 6.86. The van der Waals surface area contributed by atoms with E-state index in [0.29, 0.717) is 12.1 Å². The molecule has 2 saturated carbocycles. The molecule has 1 heterocycles. The Kier molecular flexibility index (Phi) is 3.92. The average molecular weight is 295 g/mol. The normalized spacial score (nSPS) is 26.4. The molecule has 0 unspecified atom stereocenters. The molecule has 3 rings (SSSR count). The second-order valence-electron chi connectivity index (χ2n) is 6.11. The number of rotatable bonds is 4. The van der Waals surface area contributed by atoms with E-state index >= 15 is 0 Å². The summed E-state index contributed by atoms with van der Waals surface area (Å²) < 4.78 is 1.29. The van der Waals surface area contributed by atoms with Gasteiger partial charge in [-0.05, 0) is 44.4 Å². The van der Waals surface area contributed by atoms with Crippen LogP contribution in [0.4, 0.5) is 0 Å². The molecule has 5 nitrogen and oxygen atoms in total. The summed E-state index contributed by atoms with van der Waals surface area (Å²) in [6, 6.07) is 0.788. The molecule has 2 fully saturated rings. The lowest BCUT2D eigenvalue weighted by molar-refractivity contribution is -0.136. The van der Waals surface area contributed by atoms with Crippen LogP contribution in [0, 0.1) is 5.92 Å². The molecule has 0 radical (unpaired) electrons. The summed E-state index contributed by atoms with van der Waals surface area (Å²) in [5.74, 6) is 0.851. The highest BCUT2D eigenvalue weighted by atomic mass is 32.1. The Hall–Kier alpha value is -1.17. The Morgan fingerprint density at radius 1 is 1.30 bits per heavy atom.